The van der Waals surface area contributed by atoms with Crippen LogP contribution in [0.1, 0.15) is 54.6 Å². The zero-order valence-corrected chi connectivity index (χ0v) is 15.4. The van der Waals surface area contributed by atoms with Crippen LogP contribution in [0.2, 0.25) is 0 Å². The van der Waals surface area contributed by atoms with Gasteiger partial charge in [-0.05, 0) is 50.3 Å². The molecule has 1 spiro atoms. The summed E-state index contributed by atoms with van der Waals surface area (Å²) >= 11 is 0. The Morgan fingerprint density at radius 2 is 2.15 bits per heavy atom. The van der Waals surface area contributed by atoms with E-state index in [1.165, 1.54) is 5.56 Å². The standard InChI is InChI=1S/C19H27N5O2/c1-2-8-20-18(25)17-22-21-16-3-5-19(14-24(16)17)6-9-23(10-7-19)12-15-4-11-26-13-15/h4,11,13H,2-3,5-10,12,14H2,1H3,(H,20,25). The third-order valence-corrected chi connectivity index (χ3v) is 5.84. The minimum Gasteiger partial charge on any atom is -0.472 e. The molecule has 2 aliphatic heterocycles. The predicted molar refractivity (Wildman–Crippen MR) is 96.6 cm³/mol. The summed E-state index contributed by atoms with van der Waals surface area (Å²) in [5, 5.41) is 11.4. The lowest BCUT2D eigenvalue weighted by Crippen LogP contribution is -2.44. The summed E-state index contributed by atoms with van der Waals surface area (Å²) in [5.74, 6) is 1.34. The van der Waals surface area contributed by atoms with E-state index >= 15 is 0 Å². The molecule has 2 aromatic rings. The molecule has 4 rings (SSSR count). The highest BCUT2D eigenvalue weighted by Crippen LogP contribution is 2.41. The summed E-state index contributed by atoms with van der Waals surface area (Å²) in [4.78, 5) is 14.9. The molecule has 2 aromatic heterocycles. The quantitative estimate of drug-likeness (QED) is 0.888. The molecule has 7 nitrogen and oxygen atoms in total. The number of amides is 1. The van der Waals surface area contributed by atoms with Gasteiger partial charge in [0.1, 0.15) is 5.82 Å². The van der Waals surface area contributed by atoms with Crippen LogP contribution in [0, 0.1) is 5.41 Å². The third-order valence-electron chi connectivity index (χ3n) is 5.84. The van der Waals surface area contributed by atoms with Gasteiger partial charge in [-0.1, -0.05) is 6.92 Å². The number of rotatable bonds is 5. The minimum atomic E-state index is -0.0972. The number of likely N-dealkylation sites (tertiary alicyclic amines) is 1. The Balaban J connectivity index is 1.42. The number of carbonyl (C=O) groups is 1. The second kappa shape index (κ2) is 7.23. The van der Waals surface area contributed by atoms with Crippen LogP contribution in [0.15, 0.2) is 23.0 Å². The topological polar surface area (TPSA) is 76.2 Å². The van der Waals surface area contributed by atoms with Crippen LogP contribution in [0.3, 0.4) is 0 Å². The van der Waals surface area contributed by atoms with E-state index in [9.17, 15) is 4.79 Å². The van der Waals surface area contributed by atoms with Crippen molar-refractivity contribution < 1.29 is 9.21 Å². The molecule has 0 aliphatic carbocycles. The smallest absolute Gasteiger partial charge is 0.289 e. The first-order valence-corrected chi connectivity index (χ1v) is 9.63. The SMILES string of the molecule is CCCNC(=O)c1nnc2n1CC1(CC2)CCN(Cc2ccoc2)CC1. The number of nitrogens with one attached hydrogen (secondary N) is 1. The van der Waals surface area contributed by atoms with Crippen molar-refractivity contribution in [3.63, 3.8) is 0 Å². The first-order valence-electron chi connectivity index (χ1n) is 9.63. The normalized spacial score (nSPS) is 19.4. The van der Waals surface area contributed by atoms with Crippen LogP contribution in [-0.4, -0.2) is 45.2 Å². The number of nitrogens with zero attached hydrogens (tertiary/aromatic N) is 4. The van der Waals surface area contributed by atoms with Crippen molar-refractivity contribution in [2.24, 2.45) is 5.41 Å². The fraction of sp³-hybridized carbons (Fsp3) is 0.632. The van der Waals surface area contributed by atoms with E-state index in [0.717, 1.165) is 64.1 Å². The number of fused-ring (bicyclic) bond motifs is 1. The monoisotopic (exact) mass is 357 g/mol. The highest BCUT2D eigenvalue weighted by Gasteiger charge is 2.39. The summed E-state index contributed by atoms with van der Waals surface area (Å²) in [7, 11) is 0. The van der Waals surface area contributed by atoms with Crippen LogP contribution >= 0.6 is 0 Å². The molecular formula is C19H27N5O2. The molecule has 1 N–H and O–H groups in total. The lowest BCUT2D eigenvalue weighted by atomic mass is 9.73. The van der Waals surface area contributed by atoms with E-state index in [2.05, 4.69) is 25.0 Å². The van der Waals surface area contributed by atoms with Gasteiger partial charge in [0, 0.05) is 31.6 Å². The lowest BCUT2D eigenvalue weighted by molar-refractivity contribution is 0.0617. The number of carbonyl (C=O) groups excluding carboxylic acids is 1. The fourth-order valence-corrected chi connectivity index (χ4v) is 4.20. The van der Waals surface area contributed by atoms with Gasteiger partial charge in [0.2, 0.25) is 5.82 Å². The Bertz CT molecular complexity index is 744. The molecule has 1 amide bonds. The highest BCUT2D eigenvalue weighted by molar-refractivity contribution is 5.90. The minimum absolute atomic E-state index is 0.0972. The van der Waals surface area contributed by atoms with Crippen molar-refractivity contribution in [2.75, 3.05) is 19.6 Å². The van der Waals surface area contributed by atoms with E-state index in [4.69, 9.17) is 4.42 Å². The number of aryl methyl sites for hydroxylation is 1. The molecule has 0 atom stereocenters. The van der Waals surface area contributed by atoms with Crippen molar-refractivity contribution >= 4 is 5.91 Å². The maximum absolute atomic E-state index is 12.4. The molecule has 0 saturated carbocycles. The van der Waals surface area contributed by atoms with Gasteiger partial charge >= 0.3 is 0 Å². The lowest BCUT2D eigenvalue weighted by Gasteiger charge is -2.44. The van der Waals surface area contributed by atoms with Gasteiger partial charge in [0.15, 0.2) is 0 Å². The third kappa shape index (κ3) is 3.40. The van der Waals surface area contributed by atoms with Gasteiger partial charge < -0.3 is 14.3 Å². The second-order valence-electron chi connectivity index (χ2n) is 7.69. The maximum atomic E-state index is 12.4. The largest absolute Gasteiger partial charge is 0.472 e. The summed E-state index contributed by atoms with van der Waals surface area (Å²) in [5.41, 5.74) is 1.50. The molecule has 1 fully saturated rings. The van der Waals surface area contributed by atoms with Crippen LogP contribution < -0.4 is 5.32 Å². The van der Waals surface area contributed by atoms with Crippen molar-refractivity contribution in [1.82, 2.24) is 25.0 Å². The molecule has 0 radical (unpaired) electrons. The Morgan fingerprint density at radius 3 is 2.88 bits per heavy atom. The van der Waals surface area contributed by atoms with Gasteiger partial charge in [0.25, 0.3) is 5.91 Å². The number of furan rings is 1. The van der Waals surface area contributed by atoms with Crippen molar-refractivity contribution in [3.05, 3.63) is 35.8 Å². The Labute approximate surface area is 153 Å². The van der Waals surface area contributed by atoms with Crippen LogP contribution in [-0.2, 0) is 19.5 Å². The molecule has 2 aliphatic rings. The Hall–Kier alpha value is -2.15. The molecule has 1 saturated heterocycles. The van der Waals surface area contributed by atoms with Gasteiger partial charge in [-0.2, -0.15) is 0 Å². The van der Waals surface area contributed by atoms with Gasteiger partial charge in [-0.15, -0.1) is 10.2 Å². The number of aromatic nitrogens is 3. The predicted octanol–water partition coefficient (Wildman–Crippen LogP) is 2.24. The van der Waals surface area contributed by atoms with Crippen molar-refractivity contribution in [1.29, 1.82) is 0 Å². The summed E-state index contributed by atoms with van der Waals surface area (Å²) < 4.78 is 7.25. The maximum Gasteiger partial charge on any atom is 0.289 e. The highest BCUT2D eigenvalue weighted by atomic mass is 16.3. The van der Waals surface area contributed by atoms with E-state index in [1.54, 1.807) is 6.26 Å². The molecule has 140 valence electrons. The van der Waals surface area contributed by atoms with E-state index in [0.29, 0.717) is 12.4 Å². The van der Waals surface area contributed by atoms with E-state index < -0.39 is 0 Å². The zero-order valence-electron chi connectivity index (χ0n) is 15.4. The van der Waals surface area contributed by atoms with Crippen molar-refractivity contribution in [2.45, 2.75) is 52.1 Å². The average molecular weight is 357 g/mol. The molecule has 26 heavy (non-hydrogen) atoms. The van der Waals surface area contributed by atoms with Crippen molar-refractivity contribution in [3.8, 4) is 0 Å². The molecule has 0 bridgehead atoms. The number of hydrogen-bond acceptors (Lipinski definition) is 5. The number of hydrogen-bond donors (Lipinski definition) is 1. The van der Waals surface area contributed by atoms with E-state index in [-0.39, 0.29) is 11.3 Å². The molecule has 0 aromatic carbocycles. The summed E-state index contributed by atoms with van der Waals surface area (Å²) in [6.07, 6.45) is 8.84. The van der Waals surface area contributed by atoms with Gasteiger partial charge in [-0.3, -0.25) is 9.69 Å². The average Bonchev–Trinajstić information content (AvgIpc) is 3.31. The first-order chi connectivity index (χ1) is 12.7. The van der Waals surface area contributed by atoms with Crippen LogP contribution in [0.4, 0.5) is 0 Å². The molecule has 7 heteroatoms. The fourth-order valence-electron chi connectivity index (χ4n) is 4.20. The van der Waals surface area contributed by atoms with Crippen LogP contribution in [0.25, 0.3) is 0 Å². The summed E-state index contributed by atoms with van der Waals surface area (Å²) in [6, 6.07) is 2.04. The number of piperidine rings is 1. The van der Waals surface area contributed by atoms with Gasteiger partial charge in [-0.25, -0.2) is 0 Å². The second-order valence-corrected chi connectivity index (χ2v) is 7.69. The Kier molecular flexibility index (Phi) is 4.80. The first kappa shape index (κ1) is 17.3. The van der Waals surface area contributed by atoms with Gasteiger partial charge in [0.05, 0.1) is 12.5 Å². The van der Waals surface area contributed by atoms with Crippen LogP contribution in [0.5, 0.6) is 0 Å². The molecule has 4 heterocycles. The molecular weight excluding hydrogens is 330 g/mol. The Morgan fingerprint density at radius 1 is 1.31 bits per heavy atom. The molecule has 0 unspecified atom stereocenters. The summed E-state index contributed by atoms with van der Waals surface area (Å²) in [6.45, 7) is 6.71. The van der Waals surface area contributed by atoms with E-state index in [1.807, 2.05) is 19.3 Å². The zero-order chi connectivity index (χ0) is 18.0.